The highest BCUT2D eigenvalue weighted by Crippen LogP contribution is 2.27. The van der Waals surface area contributed by atoms with Crippen LogP contribution in [0, 0.1) is 16.5 Å². The molecule has 5 heteroatoms. The predicted octanol–water partition coefficient (Wildman–Crippen LogP) is 3.30. The Kier molecular flexibility index (Phi) is 3.42. The van der Waals surface area contributed by atoms with E-state index in [-0.39, 0.29) is 5.13 Å². The molecule has 0 aliphatic heterocycles. The van der Waals surface area contributed by atoms with Gasteiger partial charge in [0.25, 0.3) is 0 Å². The zero-order valence-electron chi connectivity index (χ0n) is 8.37. The van der Waals surface area contributed by atoms with Gasteiger partial charge in [0.1, 0.15) is 0 Å². The minimum atomic E-state index is -1.75. The minimum Gasteiger partial charge on any atom is -0.398 e. The van der Waals surface area contributed by atoms with Crippen LogP contribution in [0.1, 0.15) is 11.0 Å². The van der Waals surface area contributed by atoms with E-state index in [1.807, 2.05) is 25.7 Å². The normalized spacial score (nSPS) is 13.6. The van der Waals surface area contributed by atoms with Crippen LogP contribution < -0.4 is 0 Å². The van der Waals surface area contributed by atoms with Gasteiger partial charge >= 0.3 is 0 Å². The highest BCUT2D eigenvalue weighted by molar-refractivity contribution is 7.10. The maximum Gasteiger partial charge on any atom is 0.186 e. The van der Waals surface area contributed by atoms with E-state index in [4.69, 9.17) is 9.69 Å². The van der Waals surface area contributed by atoms with Crippen molar-refractivity contribution in [2.75, 3.05) is 0 Å². The molecular formula is C9H12FNOSSi. The Morgan fingerprint density at radius 1 is 1.50 bits per heavy atom. The fraction of sp³-hybridized carbons (Fsp3) is 0.444. The SMILES string of the molecule is C[Si](C)(C)OC(C#N)c1ccc(F)s1. The molecule has 0 aliphatic rings. The van der Waals surface area contributed by atoms with Crippen LogP contribution >= 0.6 is 11.3 Å². The molecule has 0 spiro atoms. The van der Waals surface area contributed by atoms with Crippen LogP contribution in [-0.4, -0.2) is 8.32 Å². The molecule has 1 aromatic heterocycles. The zero-order valence-corrected chi connectivity index (χ0v) is 10.2. The summed E-state index contributed by atoms with van der Waals surface area (Å²) in [5, 5.41) is 8.61. The first-order valence-electron chi connectivity index (χ1n) is 4.25. The Morgan fingerprint density at radius 2 is 2.14 bits per heavy atom. The molecule has 1 aromatic rings. The van der Waals surface area contributed by atoms with Gasteiger partial charge in [-0.15, -0.1) is 11.3 Å². The third-order valence-corrected chi connectivity index (χ3v) is 3.30. The van der Waals surface area contributed by atoms with Crippen molar-refractivity contribution in [1.29, 1.82) is 5.26 Å². The average molecular weight is 229 g/mol. The first-order chi connectivity index (χ1) is 6.42. The lowest BCUT2D eigenvalue weighted by Crippen LogP contribution is -2.27. The number of thiophene rings is 1. The summed E-state index contributed by atoms with van der Waals surface area (Å²) in [6, 6.07) is 5.01. The zero-order chi connectivity index (χ0) is 10.8. The van der Waals surface area contributed by atoms with Gasteiger partial charge in [0, 0.05) is 4.88 Å². The molecule has 0 aromatic carbocycles. The summed E-state index contributed by atoms with van der Waals surface area (Å²) in [6.07, 6.45) is -0.615. The lowest BCUT2D eigenvalue weighted by atomic mass is 10.3. The third kappa shape index (κ3) is 3.22. The molecule has 0 bridgehead atoms. The number of rotatable bonds is 3. The third-order valence-electron chi connectivity index (χ3n) is 1.44. The van der Waals surface area contributed by atoms with Gasteiger partial charge in [-0.05, 0) is 31.8 Å². The number of halogens is 1. The number of hydrogen-bond donors (Lipinski definition) is 0. The lowest BCUT2D eigenvalue weighted by molar-refractivity contribution is 0.259. The van der Waals surface area contributed by atoms with Crippen molar-refractivity contribution < 1.29 is 8.82 Å². The quantitative estimate of drug-likeness (QED) is 0.745. The molecule has 0 fully saturated rings. The molecule has 14 heavy (non-hydrogen) atoms. The standard InChI is InChI=1S/C9H12FNOSSi/c1-14(2,3)12-7(6-11)8-4-5-9(10)13-8/h4-5,7H,1-3H3. The average Bonchev–Trinajstić information content (AvgIpc) is 2.46. The molecule has 0 N–H and O–H groups in total. The van der Waals surface area contributed by atoms with Gasteiger partial charge in [0.15, 0.2) is 19.6 Å². The van der Waals surface area contributed by atoms with Gasteiger partial charge < -0.3 is 4.43 Å². The number of hydrogen-bond acceptors (Lipinski definition) is 3. The van der Waals surface area contributed by atoms with Crippen molar-refractivity contribution >= 4 is 19.7 Å². The van der Waals surface area contributed by atoms with Gasteiger partial charge in [0.2, 0.25) is 0 Å². The van der Waals surface area contributed by atoms with Crippen LogP contribution in [-0.2, 0) is 4.43 Å². The summed E-state index contributed by atoms with van der Waals surface area (Å²) in [5.74, 6) is 0. The number of nitriles is 1. The summed E-state index contributed by atoms with van der Waals surface area (Å²) in [6.45, 7) is 6.00. The van der Waals surface area contributed by atoms with Crippen LogP contribution in [0.2, 0.25) is 19.6 Å². The number of nitrogens with zero attached hydrogens (tertiary/aromatic N) is 1. The Balaban J connectivity index is 2.79. The van der Waals surface area contributed by atoms with Crippen LogP contribution in [0.5, 0.6) is 0 Å². The van der Waals surface area contributed by atoms with Gasteiger partial charge in [0.05, 0.1) is 6.07 Å². The maximum atomic E-state index is 12.7. The van der Waals surface area contributed by atoms with Crippen LogP contribution in [0.25, 0.3) is 0 Å². The van der Waals surface area contributed by atoms with Crippen LogP contribution in [0.3, 0.4) is 0 Å². The molecule has 1 rings (SSSR count). The summed E-state index contributed by atoms with van der Waals surface area (Å²) < 4.78 is 18.3. The Morgan fingerprint density at radius 3 is 2.50 bits per heavy atom. The molecule has 0 amide bonds. The Hall–Kier alpha value is -0.703. The van der Waals surface area contributed by atoms with E-state index in [1.165, 1.54) is 6.07 Å². The molecule has 0 radical (unpaired) electrons. The highest BCUT2D eigenvalue weighted by Gasteiger charge is 2.23. The van der Waals surface area contributed by atoms with E-state index in [2.05, 4.69) is 0 Å². The van der Waals surface area contributed by atoms with Gasteiger partial charge in [-0.25, -0.2) is 0 Å². The van der Waals surface area contributed by atoms with Crippen molar-refractivity contribution in [2.45, 2.75) is 25.7 Å². The van der Waals surface area contributed by atoms with Crippen molar-refractivity contribution in [2.24, 2.45) is 0 Å². The monoisotopic (exact) mass is 229 g/mol. The van der Waals surface area contributed by atoms with Gasteiger partial charge in [-0.2, -0.15) is 9.65 Å². The molecule has 1 unspecified atom stereocenters. The fourth-order valence-corrected chi connectivity index (χ4v) is 2.65. The molecular weight excluding hydrogens is 217 g/mol. The summed E-state index contributed by atoms with van der Waals surface area (Å²) in [7, 11) is -1.75. The summed E-state index contributed by atoms with van der Waals surface area (Å²) in [5.41, 5.74) is 0. The second-order valence-corrected chi connectivity index (χ2v) is 9.41. The molecule has 1 heterocycles. The predicted molar refractivity (Wildman–Crippen MR) is 57.1 cm³/mol. The van der Waals surface area contributed by atoms with E-state index in [0.29, 0.717) is 4.88 Å². The minimum absolute atomic E-state index is 0.278. The Bertz CT molecular complexity index is 352. The van der Waals surface area contributed by atoms with Crippen molar-refractivity contribution in [3.05, 3.63) is 22.1 Å². The molecule has 0 aliphatic carbocycles. The highest BCUT2D eigenvalue weighted by atomic mass is 32.1. The van der Waals surface area contributed by atoms with Gasteiger partial charge in [-0.3, -0.25) is 0 Å². The second-order valence-electron chi connectivity index (χ2n) is 3.88. The molecule has 76 valence electrons. The maximum absolute atomic E-state index is 12.7. The largest absolute Gasteiger partial charge is 0.398 e. The van der Waals surface area contributed by atoms with Crippen LogP contribution in [0.15, 0.2) is 12.1 Å². The van der Waals surface area contributed by atoms with Crippen molar-refractivity contribution in [3.63, 3.8) is 0 Å². The second kappa shape index (κ2) is 4.21. The fourth-order valence-electron chi connectivity index (χ4n) is 0.971. The summed E-state index contributed by atoms with van der Waals surface area (Å²) >= 11 is 0.969. The van der Waals surface area contributed by atoms with Crippen LogP contribution in [0.4, 0.5) is 4.39 Å². The van der Waals surface area contributed by atoms with E-state index in [1.54, 1.807) is 6.07 Å². The van der Waals surface area contributed by atoms with Gasteiger partial charge in [-0.1, -0.05) is 0 Å². The Labute approximate surface area is 88.1 Å². The molecule has 0 saturated carbocycles. The first kappa shape index (κ1) is 11.4. The van der Waals surface area contributed by atoms with E-state index in [0.717, 1.165) is 11.3 Å². The molecule has 0 saturated heterocycles. The van der Waals surface area contributed by atoms with E-state index >= 15 is 0 Å². The van der Waals surface area contributed by atoms with E-state index < -0.39 is 14.4 Å². The van der Waals surface area contributed by atoms with E-state index in [9.17, 15) is 4.39 Å². The molecule has 1 atom stereocenters. The smallest absolute Gasteiger partial charge is 0.186 e. The molecule has 2 nitrogen and oxygen atoms in total. The lowest BCUT2D eigenvalue weighted by Gasteiger charge is -2.20. The van der Waals surface area contributed by atoms with Crippen molar-refractivity contribution in [1.82, 2.24) is 0 Å². The summed E-state index contributed by atoms with van der Waals surface area (Å²) in [4.78, 5) is 0.646. The van der Waals surface area contributed by atoms with Crippen molar-refractivity contribution in [3.8, 4) is 6.07 Å². The first-order valence-corrected chi connectivity index (χ1v) is 8.47. The topological polar surface area (TPSA) is 33.0 Å².